The lowest BCUT2D eigenvalue weighted by Gasteiger charge is -2.27. The first-order valence-corrected chi connectivity index (χ1v) is 10.1. The molecule has 6 nitrogen and oxygen atoms in total. The van der Waals surface area contributed by atoms with Crippen molar-refractivity contribution < 1.29 is 14.0 Å². The third kappa shape index (κ3) is 4.77. The van der Waals surface area contributed by atoms with Crippen LogP contribution in [0.4, 0.5) is 0 Å². The lowest BCUT2D eigenvalue weighted by atomic mass is 10.1. The predicted octanol–water partition coefficient (Wildman–Crippen LogP) is 4.08. The Morgan fingerprint density at radius 1 is 1.36 bits per heavy atom. The van der Waals surface area contributed by atoms with Gasteiger partial charge in [-0.25, -0.2) is 4.98 Å². The van der Waals surface area contributed by atoms with Crippen molar-refractivity contribution in [3.8, 4) is 0 Å². The van der Waals surface area contributed by atoms with Crippen LogP contribution in [0.5, 0.6) is 0 Å². The lowest BCUT2D eigenvalue weighted by molar-refractivity contribution is -0.131. The van der Waals surface area contributed by atoms with Crippen molar-refractivity contribution in [3.63, 3.8) is 0 Å². The average molecular weight is 420 g/mol. The zero-order chi connectivity index (χ0) is 20.3. The fourth-order valence-electron chi connectivity index (χ4n) is 3.02. The van der Waals surface area contributed by atoms with E-state index in [1.165, 1.54) is 0 Å². The summed E-state index contributed by atoms with van der Waals surface area (Å²) in [6.45, 7) is 2.44. The highest BCUT2D eigenvalue weighted by Gasteiger charge is 2.20. The number of hydrogen-bond acceptors (Lipinski definition) is 6. The maximum Gasteiger partial charge on any atom is 0.242 e. The molecule has 1 aromatic carbocycles. The second kappa shape index (κ2) is 8.84. The van der Waals surface area contributed by atoms with Gasteiger partial charge >= 0.3 is 0 Å². The number of aryl methyl sites for hydroxylation is 1. The van der Waals surface area contributed by atoms with Gasteiger partial charge in [0, 0.05) is 29.7 Å². The molecule has 3 rings (SSSR count). The van der Waals surface area contributed by atoms with Crippen molar-refractivity contribution in [2.24, 2.45) is 0 Å². The molecule has 0 aliphatic heterocycles. The molecule has 2 aromatic rings. The van der Waals surface area contributed by atoms with E-state index < -0.39 is 0 Å². The van der Waals surface area contributed by atoms with Gasteiger partial charge in [0.25, 0.3) is 0 Å². The predicted molar refractivity (Wildman–Crippen MR) is 112 cm³/mol. The average Bonchev–Trinajstić information content (AvgIpc) is 3.04. The Kier molecular flexibility index (Phi) is 6.46. The van der Waals surface area contributed by atoms with Gasteiger partial charge in [0.2, 0.25) is 11.8 Å². The third-order valence-electron chi connectivity index (χ3n) is 4.53. The van der Waals surface area contributed by atoms with Crippen molar-refractivity contribution in [1.29, 1.82) is 0 Å². The molecule has 0 fully saturated rings. The number of thioether (sulfide) groups is 1. The van der Waals surface area contributed by atoms with Crippen LogP contribution in [0.1, 0.15) is 24.3 Å². The van der Waals surface area contributed by atoms with E-state index >= 15 is 0 Å². The summed E-state index contributed by atoms with van der Waals surface area (Å²) in [5.41, 5.74) is 4.22. The molecule has 0 radical (unpaired) electrons. The van der Waals surface area contributed by atoms with Gasteiger partial charge in [0.05, 0.1) is 13.1 Å². The molecule has 0 bridgehead atoms. The largest absolute Gasteiger partial charge is 0.439 e. The van der Waals surface area contributed by atoms with Gasteiger partial charge in [-0.2, -0.15) is 0 Å². The second-order valence-electron chi connectivity index (χ2n) is 6.80. The quantitative estimate of drug-likeness (QED) is 0.630. The van der Waals surface area contributed by atoms with Crippen molar-refractivity contribution in [2.45, 2.75) is 26.3 Å². The van der Waals surface area contributed by atoms with E-state index in [-0.39, 0.29) is 19.0 Å². The molecule has 1 heterocycles. The molecule has 0 saturated heterocycles. The monoisotopic (exact) mass is 419 g/mol. The number of benzene rings is 1. The summed E-state index contributed by atoms with van der Waals surface area (Å²) in [6.07, 6.45) is 3.23. The Morgan fingerprint density at radius 3 is 2.89 bits per heavy atom. The minimum absolute atomic E-state index is 0.0843. The van der Waals surface area contributed by atoms with Gasteiger partial charge in [-0.3, -0.25) is 9.59 Å². The smallest absolute Gasteiger partial charge is 0.242 e. The SMILES string of the molecule is Cc1ccc2oc(CN(C)C(=O)CN(C)C3=C(SC=O)CCC(Cl)=C3)nc2c1. The topological polar surface area (TPSA) is 66.7 Å². The van der Waals surface area contributed by atoms with Crippen molar-refractivity contribution in [2.75, 3.05) is 20.6 Å². The normalized spacial score (nSPS) is 14.2. The molecule has 0 unspecified atom stereocenters. The van der Waals surface area contributed by atoms with Gasteiger partial charge in [0.1, 0.15) is 5.52 Å². The Hall–Kier alpha value is -2.25. The van der Waals surface area contributed by atoms with E-state index in [0.717, 1.165) is 44.1 Å². The zero-order valence-corrected chi connectivity index (χ0v) is 17.6. The summed E-state index contributed by atoms with van der Waals surface area (Å²) in [7, 11) is 3.54. The Bertz CT molecular complexity index is 967. The molecule has 8 heteroatoms. The molecular formula is C20H22ClN3O3S. The summed E-state index contributed by atoms with van der Waals surface area (Å²) >= 11 is 7.30. The van der Waals surface area contributed by atoms with Crippen molar-refractivity contribution in [1.82, 2.24) is 14.8 Å². The van der Waals surface area contributed by atoms with Gasteiger partial charge in [0.15, 0.2) is 11.2 Å². The first-order chi connectivity index (χ1) is 13.4. The number of allylic oxidation sites excluding steroid dienone is 3. The minimum atomic E-state index is -0.0843. The molecule has 1 amide bonds. The fraction of sp³-hybridized carbons (Fsp3) is 0.350. The van der Waals surface area contributed by atoms with E-state index in [9.17, 15) is 9.59 Å². The van der Waals surface area contributed by atoms with Crippen molar-refractivity contribution in [3.05, 3.63) is 51.4 Å². The van der Waals surface area contributed by atoms with E-state index in [2.05, 4.69) is 4.98 Å². The van der Waals surface area contributed by atoms with Gasteiger partial charge in [-0.15, -0.1) is 0 Å². The fourth-order valence-corrected chi connectivity index (χ4v) is 3.88. The van der Waals surface area contributed by atoms with E-state index in [0.29, 0.717) is 24.3 Å². The standard InChI is InChI=1S/C20H22ClN3O3S/c1-13-4-6-17-15(8-13)22-19(27-17)10-24(3)20(26)11-23(2)16-9-14(21)5-7-18(16)28-12-25/h4,6,8-9,12H,5,7,10-11H2,1-3H3. The van der Waals surface area contributed by atoms with Crippen LogP contribution in [0.2, 0.25) is 0 Å². The van der Waals surface area contributed by atoms with E-state index in [1.54, 1.807) is 11.9 Å². The molecule has 0 atom stereocenters. The van der Waals surface area contributed by atoms with Crippen LogP contribution in [-0.2, 0) is 16.1 Å². The number of likely N-dealkylation sites (N-methyl/N-ethyl adjacent to an activating group) is 2. The number of oxazole rings is 1. The van der Waals surface area contributed by atoms with Gasteiger partial charge in [-0.1, -0.05) is 29.4 Å². The van der Waals surface area contributed by atoms with Crippen LogP contribution in [0.3, 0.4) is 0 Å². The summed E-state index contributed by atoms with van der Waals surface area (Å²) in [5.74, 6) is 0.412. The molecule has 28 heavy (non-hydrogen) atoms. The molecule has 0 spiro atoms. The number of hydrogen-bond donors (Lipinski definition) is 0. The molecular weight excluding hydrogens is 398 g/mol. The molecule has 1 aliphatic rings. The van der Waals surface area contributed by atoms with Crippen molar-refractivity contribution >= 4 is 46.0 Å². The maximum absolute atomic E-state index is 12.7. The van der Waals surface area contributed by atoms with Crippen LogP contribution in [0.25, 0.3) is 11.1 Å². The minimum Gasteiger partial charge on any atom is -0.439 e. The number of aromatic nitrogens is 1. The molecule has 1 aliphatic carbocycles. The van der Waals surface area contributed by atoms with E-state index in [1.807, 2.05) is 43.1 Å². The highest BCUT2D eigenvalue weighted by Crippen LogP contribution is 2.33. The van der Waals surface area contributed by atoms with E-state index in [4.69, 9.17) is 16.0 Å². The highest BCUT2D eigenvalue weighted by atomic mass is 35.5. The van der Waals surface area contributed by atoms with Crippen LogP contribution in [0, 0.1) is 6.92 Å². The Balaban J connectivity index is 1.68. The number of amides is 1. The second-order valence-corrected chi connectivity index (χ2v) is 8.20. The first-order valence-electron chi connectivity index (χ1n) is 8.88. The summed E-state index contributed by atoms with van der Waals surface area (Å²) in [6, 6.07) is 5.80. The lowest BCUT2D eigenvalue weighted by Crippen LogP contribution is -2.36. The summed E-state index contributed by atoms with van der Waals surface area (Å²) in [4.78, 5) is 32.4. The van der Waals surface area contributed by atoms with Crippen LogP contribution in [-0.4, -0.2) is 46.9 Å². The van der Waals surface area contributed by atoms with Crippen LogP contribution >= 0.6 is 23.4 Å². The zero-order valence-electron chi connectivity index (χ0n) is 16.1. The molecule has 1 aromatic heterocycles. The third-order valence-corrected chi connectivity index (χ3v) is 5.62. The number of rotatable bonds is 7. The molecule has 0 N–H and O–H groups in total. The maximum atomic E-state index is 12.7. The molecule has 148 valence electrons. The number of carbonyl (C=O) groups is 2. The van der Waals surface area contributed by atoms with Gasteiger partial charge < -0.3 is 14.2 Å². The number of halogens is 1. The Labute approximate surface area is 173 Å². The van der Waals surface area contributed by atoms with Gasteiger partial charge in [-0.05, 0) is 43.5 Å². The molecule has 0 saturated carbocycles. The van der Waals surface area contributed by atoms with Crippen LogP contribution in [0.15, 0.2) is 44.3 Å². The highest BCUT2D eigenvalue weighted by molar-refractivity contribution is 8.15. The summed E-state index contributed by atoms with van der Waals surface area (Å²) in [5, 5.41) is 0.722. The Morgan fingerprint density at radius 2 is 2.14 bits per heavy atom. The number of carbonyl (C=O) groups excluding carboxylic acids is 2. The number of fused-ring (bicyclic) bond motifs is 1. The first kappa shape index (κ1) is 20.5. The number of nitrogens with zero attached hydrogens (tertiary/aromatic N) is 3. The summed E-state index contributed by atoms with van der Waals surface area (Å²) < 4.78 is 5.73. The van der Waals surface area contributed by atoms with Crippen LogP contribution < -0.4 is 0 Å².